The fourth-order valence-corrected chi connectivity index (χ4v) is 3.15. The summed E-state index contributed by atoms with van der Waals surface area (Å²) >= 11 is 0. The number of oxazole rings is 1. The van der Waals surface area contributed by atoms with Gasteiger partial charge in [0.25, 0.3) is 6.01 Å². The van der Waals surface area contributed by atoms with Gasteiger partial charge < -0.3 is 9.73 Å². The molecule has 3 aromatic rings. The zero-order valence-corrected chi connectivity index (χ0v) is 15.5. The molecule has 0 saturated heterocycles. The van der Waals surface area contributed by atoms with Gasteiger partial charge in [0.2, 0.25) is 10.0 Å². The van der Waals surface area contributed by atoms with Crippen LogP contribution in [0, 0.1) is 0 Å². The number of sulfonamides is 1. The second-order valence-corrected chi connectivity index (χ2v) is 7.76. The third-order valence-corrected chi connectivity index (χ3v) is 4.38. The van der Waals surface area contributed by atoms with Gasteiger partial charge in [0.1, 0.15) is 0 Å². The summed E-state index contributed by atoms with van der Waals surface area (Å²) in [5, 5.41) is 7.06. The Morgan fingerprint density at radius 3 is 2.50 bits per heavy atom. The molecule has 0 aliphatic carbocycles. The molecule has 2 heterocycles. The van der Waals surface area contributed by atoms with E-state index in [0.29, 0.717) is 29.0 Å². The van der Waals surface area contributed by atoms with Crippen LogP contribution >= 0.6 is 0 Å². The third-order valence-electron chi connectivity index (χ3n) is 3.77. The minimum absolute atomic E-state index is 0.297. The largest absolute Gasteiger partial charge is 0.423 e. The lowest BCUT2D eigenvalue weighted by atomic mass is 10.1. The quantitative estimate of drug-likeness (QED) is 0.423. The van der Waals surface area contributed by atoms with E-state index in [9.17, 15) is 8.42 Å². The van der Waals surface area contributed by atoms with Crippen molar-refractivity contribution < 1.29 is 12.8 Å². The Balaban J connectivity index is 1.48. The number of benzene rings is 2. The predicted octanol–water partition coefficient (Wildman–Crippen LogP) is 1.73. The summed E-state index contributed by atoms with van der Waals surface area (Å²) in [6.45, 7) is 0. The molecule has 11 heteroatoms. The van der Waals surface area contributed by atoms with Crippen molar-refractivity contribution in [3.8, 4) is 11.3 Å². The van der Waals surface area contributed by atoms with Crippen molar-refractivity contribution in [1.29, 1.82) is 0 Å². The predicted molar refractivity (Wildman–Crippen MR) is 106 cm³/mol. The van der Waals surface area contributed by atoms with Gasteiger partial charge in [-0.2, -0.15) is 0 Å². The van der Waals surface area contributed by atoms with Crippen LogP contribution in [0.2, 0.25) is 0 Å². The van der Waals surface area contributed by atoms with Crippen LogP contribution in [0.1, 0.15) is 5.56 Å². The fourth-order valence-electron chi connectivity index (χ4n) is 2.59. The molecule has 28 heavy (non-hydrogen) atoms. The van der Waals surface area contributed by atoms with Gasteiger partial charge in [-0.25, -0.2) is 18.9 Å². The van der Waals surface area contributed by atoms with Crippen LogP contribution in [0.15, 0.2) is 64.2 Å². The average Bonchev–Trinajstić information content (AvgIpc) is 3.33. The van der Waals surface area contributed by atoms with Crippen LogP contribution in [-0.2, 0) is 10.0 Å². The summed E-state index contributed by atoms with van der Waals surface area (Å²) in [4.78, 5) is 4.22. The lowest BCUT2D eigenvalue weighted by molar-refractivity contribution is 0.577. The molecule has 0 unspecified atom stereocenters. The first-order valence-electron chi connectivity index (χ1n) is 8.21. The van der Waals surface area contributed by atoms with E-state index >= 15 is 0 Å². The van der Waals surface area contributed by atoms with Gasteiger partial charge >= 0.3 is 0 Å². The van der Waals surface area contributed by atoms with Gasteiger partial charge in [-0.15, -0.1) is 10.6 Å². The molecule has 0 radical (unpaired) electrons. The second-order valence-electron chi connectivity index (χ2n) is 6.01. The highest BCUT2D eigenvalue weighted by Crippen LogP contribution is 2.26. The van der Waals surface area contributed by atoms with E-state index in [4.69, 9.17) is 4.42 Å². The second kappa shape index (κ2) is 7.21. The van der Waals surface area contributed by atoms with Crippen LogP contribution in [0.4, 0.5) is 17.4 Å². The Morgan fingerprint density at radius 1 is 1.04 bits per heavy atom. The number of aromatic nitrogens is 1. The normalized spacial score (nSPS) is 13.4. The summed E-state index contributed by atoms with van der Waals surface area (Å²) in [7, 11) is -3.35. The molecule has 0 bridgehead atoms. The number of hydrazone groups is 1. The Kier molecular flexibility index (Phi) is 4.59. The van der Waals surface area contributed by atoms with Crippen LogP contribution in [-0.4, -0.2) is 25.5 Å². The maximum Gasteiger partial charge on any atom is 0.299 e. The highest BCUT2D eigenvalue weighted by atomic mass is 32.2. The van der Waals surface area contributed by atoms with Crippen molar-refractivity contribution in [3.63, 3.8) is 0 Å². The van der Waals surface area contributed by atoms with Gasteiger partial charge in [-0.3, -0.25) is 10.1 Å². The van der Waals surface area contributed by atoms with Crippen LogP contribution in [0.25, 0.3) is 11.3 Å². The summed E-state index contributed by atoms with van der Waals surface area (Å²) in [5.41, 5.74) is 11.0. The highest BCUT2D eigenvalue weighted by molar-refractivity contribution is 7.92. The Labute approximate surface area is 161 Å². The molecule has 1 aromatic heterocycles. The lowest BCUT2D eigenvalue weighted by Crippen LogP contribution is -2.35. The van der Waals surface area contributed by atoms with Crippen LogP contribution < -0.4 is 26.5 Å². The SMILES string of the molecule is CS(=O)(=O)Nc1cccc(Nc2ncc(-c3ccc(C4=NNNN4)cc3)o2)c1. The zero-order chi connectivity index (χ0) is 19.6. The Bertz CT molecular complexity index is 1120. The number of rotatable bonds is 6. The number of hydrazine groups is 2. The zero-order valence-electron chi connectivity index (χ0n) is 14.7. The van der Waals surface area contributed by atoms with Crippen LogP contribution in [0.3, 0.4) is 0 Å². The minimum Gasteiger partial charge on any atom is -0.423 e. The molecule has 1 aliphatic rings. The molecule has 0 amide bonds. The molecular formula is C17H17N7O3S. The minimum atomic E-state index is -3.35. The van der Waals surface area contributed by atoms with Gasteiger partial charge in [-0.1, -0.05) is 30.3 Å². The fraction of sp³-hybridized carbons (Fsp3) is 0.0588. The first-order valence-corrected chi connectivity index (χ1v) is 10.1. The van der Waals surface area contributed by atoms with Crippen molar-refractivity contribution in [3.05, 3.63) is 60.3 Å². The van der Waals surface area contributed by atoms with Gasteiger partial charge in [0.15, 0.2) is 11.6 Å². The van der Waals surface area contributed by atoms with Gasteiger partial charge in [0, 0.05) is 16.8 Å². The Morgan fingerprint density at radius 2 is 1.79 bits per heavy atom. The summed E-state index contributed by atoms with van der Waals surface area (Å²) in [6.07, 6.45) is 2.71. The van der Waals surface area contributed by atoms with E-state index in [1.165, 1.54) is 0 Å². The first-order chi connectivity index (χ1) is 13.5. The van der Waals surface area contributed by atoms with E-state index in [0.717, 1.165) is 17.4 Å². The van der Waals surface area contributed by atoms with Crippen molar-refractivity contribution in [2.24, 2.45) is 5.10 Å². The van der Waals surface area contributed by atoms with Gasteiger partial charge in [-0.05, 0) is 18.2 Å². The molecule has 10 nitrogen and oxygen atoms in total. The van der Waals surface area contributed by atoms with E-state index in [1.807, 2.05) is 24.3 Å². The van der Waals surface area contributed by atoms with Gasteiger partial charge in [0.05, 0.1) is 18.1 Å². The van der Waals surface area contributed by atoms with E-state index in [1.54, 1.807) is 30.5 Å². The monoisotopic (exact) mass is 399 g/mol. The van der Waals surface area contributed by atoms with Crippen molar-refractivity contribution in [2.45, 2.75) is 0 Å². The summed E-state index contributed by atoms with van der Waals surface area (Å²) in [5.74, 6) is 1.28. The Hall–Kier alpha value is -3.57. The molecule has 2 aromatic carbocycles. The average molecular weight is 399 g/mol. The molecule has 4 rings (SSSR count). The number of nitrogens with zero attached hydrogens (tertiary/aromatic N) is 2. The molecule has 0 fully saturated rings. The van der Waals surface area contributed by atoms with Crippen LogP contribution in [0.5, 0.6) is 0 Å². The van der Waals surface area contributed by atoms with E-state index in [2.05, 4.69) is 36.6 Å². The first kappa shape index (κ1) is 17.8. The molecule has 5 N–H and O–H groups in total. The summed E-state index contributed by atoms with van der Waals surface area (Å²) in [6, 6.07) is 14.7. The third kappa shape index (κ3) is 4.22. The number of anilines is 3. The smallest absolute Gasteiger partial charge is 0.299 e. The van der Waals surface area contributed by atoms with Crippen molar-refractivity contribution in [1.82, 2.24) is 21.5 Å². The number of nitrogens with one attached hydrogen (secondary N) is 5. The number of hydrogen-bond donors (Lipinski definition) is 5. The molecule has 0 atom stereocenters. The number of amidine groups is 1. The number of hydrogen-bond acceptors (Lipinski definition) is 9. The molecular weight excluding hydrogens is 382 g/mol. The molecule has 0 spiro atoms. The highest BCUT2D eigenvalue weighted by Gasteiger charge is 2.11. The maximum atomic E-state index is 11.4. The van der Waals surface area contributed by atoms with E-state index < -0.39 is 10.0 Å². The maximum absolute atomic E-state index is 11.4. The molecule has 144 valence electrons. The summed E-state index contributed by atoms with van der Waals surface area (Å²) < 4.78 is 30.9. The molecule has 0 saturated carbocycles. The van der Waals surface area contributed by atoms with Crippen molar-refractivity contribution in [2.75, 3.05) is 16.3 Å². The standard InChI is InChI=1S/C17H17N7O3S/c1-28(25,26)22-14-4-2-3-13(9-14)19-17-18-10-15(27-17)11-5-7-12(8-6-11)16-20-23-24-21-16/h2-10,22-24H,1H3,(H,18,19)(H,20,21). The van der Waals surface area contributed by atoms with Crippen molar-refractivity contribution >= 4 is 33.2 Å². The molecule has 1 aliphatic heterocycles. The lowest BCUT2D eigenvalue weighted by Gasteiger charge is -2.06. The topological polar surface area (TPSA) is 133 Å². The van der Waals surface area contributed by atoms with E-state index in [-0.39, 0.29) is 0 Å².